The Morgan fingerprint density at radius 2 is 1.86 bits per heavy atom. The van der Waals surface area contributed by atoms with Gasteiger partial charge in [0.1, 0.15) is 18.2 Å². The van der Waals surface area contributed by atoms with Crippen LogP contribution in [0.1, 0.15) is 25.2 Å². The second-order valence-electron chi connectivity index (χ2n) is 8.74. The van der Waals surface area contributed by atoms with Crippen molar-refractivity contribution >= 4 is 16.9 Å². The van der Waals surface area contributed by atoms with Gasteiger partial charge in [-0.05, 0) is 55.8 Å². The van der Waals surface area contributed by atoms with Gasteiger partial charge in [0.15, 0.2) is 0 Å². The smallest absolute Gasteiger partial charge is 0.223 e. The Balaban J connectivity index is 1.38. The van der Waals surface area contributed by atoms with Crippen molar-refractivity contribution in [1.82, 2.24) is 24.5 Å². The molecule has 5 aromatic rings. The van der Waals surface area contributed by atoms with Gasteiger partial charge in [-0.1, -0.05) is 18.2 Å². The normalized spacial score (nSPS) is 14.7. The molecule has 3 aromatic heterocycles. The molecule has 0 saturated carbocycles. The lowest BCUT2D eigenvalue weighted by molar-refractivity contribution is 0.248. The Morgan fingerprint density at radius 3 is 2.72 bits per heavy atom. The maximum Gasteiger partial charge on any atom is 0.223 e. The third-order valence-electron chi connectivity index (χ3n) is 6.40. The number of rotatable bonds is 7. The zero-order valence-corrected chi connectivity index (χ0v) is 19.9. The van der Waals surface area contributed by atoms with Gasteiger partial charge in [-0.3, -0.25) is 0 Å². The highest BCUT2D eigenvalue weighted by atomic mass is 19.1. The topological polar surface area (TPSA) is 77.8 Å². The van der Waals surface area contributed by atoms with Crippen molar-refractivity contribution in [2.45, 2.75) is 25.8 Å². The van der Waals surface area contributed by atoms with E-state index in [0.717, 1.165) is 52.2 Å². The highest BCUT2D eigenvalue weighted by Gasteiger charge is 2.31. The Morgan fingerprint density at radius 1 is 1.00 bits per heavy atom. The van der Waals surface area contributed by atoms with Crippen molar-refractivity contribution in [3.63, 3.8) is 0 Å². The summed E-state index contributed by atoms with van der Waals surface area (Å²) >= 11 is 0. The number of aromatic nitrogens is 5. The van der Waals surface area contributed by atoms with Crippen LogP contribution in [0.4, 0.5) is 10.3 Å². The Bertz CT molecular complexity index is 1530. The molecule has 4 heterocycles. The number of pyridine rings is 1. The lowest BCUT2D eigenvalue weighted by atomic mass is 10.1. The minimum Gasteiger partial charge on any atom is -0.475 e. The van der Waals surface area contributed by atoms with Gasteiger partial charge in [-0.2, -0.15) is 0 Å². The van der Waals surface area contributed by atoms with Gasteiger partial charge < -0.3 is 14.6 Å². The highest BCUT2D eigenvalue weighted by molar-refractivity contribution is 5.79. The predicted molar refractivity (Wildman–Crippen MR) is 137 cm³/mol. The van der Waals surface area contributed by atoms with Gasteiger partial charge >= 0.3 is 0 Å². The molecule has 1 N–H and O–H groups in total. The number of nitrogens with zero attached hydrogens (tertiary/aromatic N) is 5. The fourth-order valence-corrected chi connectivity index (χ4v) is 4.73. The summed E-state index contributed by atoms with van der Waals surface area (Å²) in [7, 11) is 0. The van der Waals surface area contributed by atoms with E-state index in [1.807, 2.05) is 49.4 Å². The van der Waals surface area contributed by atoms with Crippen LogP contribution in [0.15, 0.2) is 72.9 Å². The van der Waals surface area contributed by atoms with Crippen molar-refractivity contribution in [3.05, 3.63) is 84.6 Å². The number of hydrogen-bond donors (Lipinski definition) is 1. The molecule has 1 aliphatic heterocycles. The maximum atomic E-state index is 13.7. The van der Waals surface area contributed by atoms with Crippen LogP contribution in [0.5, 0.6) is 5.88 Å². The molecule has 0 radical (unpaired) electrons. The third-order valence-corrected chi connectivity index (χ3v) is 6.40. The van der Waals surface area contributed by atoms with Gasteiger partial charge in [-0.15, -0.1) is 0 Å². The lowest BCUT2D eigenvalue weighted by Gasteiger charge is -2.18. The van der Waals surface area contributed by atoms with E-state index in [4.69, 9.17) is 14.7 Å². The molecule has 8 heteroatoms. The van der Waals surface area contributed by atoms with Crippen molar-refractivity contribution < 1.29 is 9.13 Å². The largest absolute Gasteiger partial charge is 0.475 e. The lowest BCUT2D eigenvalue weighted by Crippen LogP contribution is -2.16. The summed E-state index contributed by atoms with van der Waals surface area (Å²) < 4.78 is 22.1. The molecule has 36 heavy (non-hydrogen) atoms. The summed E-state index contributed by atoms with van der Waals surface area (Å²) in [6.07, 6.45) is 3.46. The minimum atomic E-state index is -0.280. The third kappa shape index (κ3) is 4.15. The number of fused-ring (bicyclic) bond motifs is 2. The van der Waals surface area contributed by atoms with Crippen LogP contribution in [-0.4, -0.2) is 37.7 Å². The van der Waals surface area contributed by atoms with Crippen LogP contribution in [0, 0.1) is 5.82 Å². The van der Waals surface area contributed by atoms with E-state index in [-0.39, 0.29) is 11.9 Å². The first-order chi connectivity index (χ1) is 17.7. The molecule has 1 atom stereocenters. The predicted octanol–water partition coefficient (Wildman–Crippen LogP) is 5.69. The molecule has 0 bridgehead atoms. The van der Waals surface area contributed by atoms with Gasteiger partial charge in [0, 0.05) is 36.2 Å². The molecule has 7 nitrogen and oxygen atoms in total. The first-order valence-corrected chi connectivity index (χ1v) is 12.1. The fourth-order valence-electron chi connectivity index (χ4n) is 4.73. The Kier molecular flexibility index (Phi) is 5.77. The van der Waals surface area contributed by atoms with E-state index in [9.17, 15) is 4.39 Å². The van der Waals surface area contributed by atoms with Gasteiger partial charge in [0.25, 0.3) is 0 Å². The number of hydrogen-bond acceptors (Lipinski definition) is 6. The second-order valence-corrected chi connectivity index (χ2v) is 8.74. The highest BCUT2D eigenvalue weighted by Crippen LogP contribution is 2.39. The Hall–Kier alpha value is -4.33. The number of halogens is 1. The number of para-hydroxylation sites is 1. The van der Waals surface area contributed by atoms with Gasteiger partial charge in [-0.25, -0.2) is 24.3 Å². The quantitative estimate of drug-likeness (QED) is 0.322. The van der Waals surface area contributed by atoms with Crippen molar-refractivity contribution in [3.8, 4) is 28.5 Å². The van der Waals surface area contributed by atoms with E-state index < -0.39 is 0 Å². The van der Waals surface area contributed by atoms with E-state index in [1.54, 1.807) is 18.3 Å². The van der Waals surface area contributed by atoms with Crippen LogP contribution in [0.3, 0.4) is 0 Å². The summed E-state index contributed by atoms with van der Waals surface area (Å²) in [5, 5.41) is 4.26. The number of benzene rings is 2. The maximum absolute atomic E-state index is 13.7. The number of ether oxygens (including phenoxy) is 1. The molecule has 180 valence electrons. The molecule has 1 unspecified atom stereocenters. The van der Waals surface area contributed by atoms with Crippen molar-refractivity contribution in [2.75, 3.05) is 18.5 Å². The molecule has 0 aliphatic carbocycles. The summed E-state index contributed by atoms with van der Waals surface area (Å²) in [6, 6.07) is 20.3. The number of aryl methyl sites for hydroxylation is 1. The molecule has 0 amide bonds. The number of nitrogens with one attached hydrogen (secondary N) is 1. The van der Waals surface area contributed by atoms with Crippen LogP contribution in [0.25, 0.3) is 33.5 Å². The zero-order chi connectivity index (χ0) is 24.5. The molecule has 0 spiro atoms. The van der Waals surface area contributed by atoms with E-state index in [1.165, 1.54) is 12.1 Å². The average Bonchev–Trinajstić information content (AvgIpc) is 3.48. The van der Waals surface area contributed by atoms with Crippen LogP contribution < -0.4 is 10.1 Å². The monoisotopic (exact) mass is 480 g/mol. The summed E-state index contributed by atoms with van der Waals surface area (Å²) in [5.41, 5.74) is 4.17. The van der Waals surface area contributed by atoms with E-state index >= 15 is 0 Å². The van der Waals surface area contributed by atoms with Crippen LogP contribution in [-0.2, 0) is 6.42 Å². The summed E-state index contributed by atoms with van der Waals surface area (Å²) in [5.74, 6) is 1.84. The number of anilines is 1. The summed E-state index contributed by atoms with van der Waals surface area (Å²) in [6.45, 7) is 3.18. The second kappa shape index (κ2) is 9.37. The first-order valence-electron chi connectivity index (χ1n) is 12.1. The van der Waals surface area contributed by atoms with E-state index in [2.05, 4.69) is 19.9 Å². The Labute approximate surface area is 208 Å². The standard InChI is InChI=1S/C28H25FN6O/c1-2-30-28-31-16-15-23(33-28)27-26(19-7-10-20(29)11-8-19)34-24-13-12-21(35(24)27)17-36-25-14-9-18-5-3-4-6-22(18)32-25/h3-11,14-16,21H,2,12-13,17H2,1H3,(H,30,31,33). The van der Waals surface area contributed by atoms with Crippen LogP contribution in [0.2, 0.25) is 0 Å². The van der Waals surface area contributed by atoms with Crippen LogP contribution >= 0.6 is 0 Å². The minimum absolute atomic E-state index is 0.0579. The van der Waals surface area contributed by atoms with Crippen molar-refractivity contribution in [2.24, 2.45) is 0 Å². The molecule has 0 fully saturated rings. The molecule has 0 saturated heterocycles. The molecule has 2 aromatic carbocycles. The first kappa shape index (κ1) is 22.2. The number of imidazole rings is 1. The molecule has 6 rings (SSSR count). The SMILES string of the molecule is CCNc1nccc(-c2c(-c3ccc(F)cc3)nc3n2C(COc2ccc4ccccc4n2)CC3)n1. The fraction of sp³-hybridized carbons (Fsp3) is 0.214. The molecular formula is C28H25FN6O. The average molecular weight is 481 g/mol. The molecule has 1 aliphatic rings. The van der Waals surface area contributed by atoms with Crippen molar-refractivity contribution in [1.29, 1.82) is 0 Å². The zero-order valence-electron chi connectivity index (χ0n) is 19.9. The van der Waals surface area contributed by atoms with E-state index in [0.29, 0.717) is 25.0 Å². The molecular weight excluding hydrogens is 455 g/mol. The van der Waals surface area contributed by atoms with Gasteiger partial charge in [0.05, 0.1) is 28.6 Å². The van der Waals surface area contributed by atoms with Gasteiger partial charge in [0.2, 0.25) is 11.8 Å². The summed E-state index contributed by atoms with van der Waals surface area (Å²) in [4.78, 5) is 18.7.